The lowest BCUT2D eigenvalue weighted by Gasteiger charge is -2.06. The molecule has 0 saturated carbocycles. The Morgan fingerprint density at radius 2 is 2.05 bits per heavy atom. The number of hydrogen-bond donors (Lipinski definition) is 1. The fraction of sp³-hybridized carbons (Fsp3) is 0.375. The van der Waals surface area contributed by atoms with Crippen LogP contribution in [-0.4, -0.2) is 15.5 Å². The van der Waals surface area contributed by atoms with E-state index in [1.54, 1.807) is 12.1 Å². The molecule has 0 aliphatic carbocycles. The zero-order valence-electron chi connectivity index (χ0n) is 12.5. The van der Waals surface area contributed by atoms with Crippen LogP contribution in [0.2, 0.25) is 0 Å². The summed E-state index contributed by atoms with van der Waals surface area (Å²) in [5.74, 6) is 0. The highest BCUT2D eigenvalue weighted by molar-refractivity contribution is 5.39. The normalized spacial score (nSPS) is 11.0. The first-order valence-corrected chi connectivity index (χ1v) is 7.16. The minimum absolute atomic E-state index is 0.200. The first kappa shape index (κ1) is 15.3. The topological polar surface area (TPSA) is 60.1 Å². The number of nitrogens with one attached hydrogen (secondary N) is 1. The summed E-state index contributed by atoms with van der Waals surface area (Å²) in [5, 5.41) is 14.3. The van der Waals surface area contributed by atoms with Crippen molar-refractivity contribution in [3.8, 4) is 0 Å². The van der Waals surface area contributed by atoms with Crippen molar-refractivity contribution >= 4 is 5.69 Å². The average Bonchev–Trinajstić information content (AvgIpc) is 2.91. The third-order valence-electron chi connectivity index (χ3n) is 3.35. The molecule has 2 rings (SSSR count). The molecule has 0 atom stereocenters. The summed E-state index contributed by atoms with van der Waals surface area (Å²) in [6.45, 7) is 5.82. The summed E-state index contributed by atoms with van der Waals surface area (Å²) in [6, 6.07) is 9.46. The lowest BCUT2D eigenvalue weighted by molar-refractivity contribution is -0.385. The molecule has 0 spiro atoms. The molecule has 5 nitrogen and oxygen atoms in total. The molecular weight excluding hydrogens is 266 g/mol. The fourth-order valence-electron chi connectivity index (χ4n) is 2.21. The number of benzene rings is 1. The Hall–Kier alpha value is -2.14. The fourth-order valence-corrected chi connectivity index (χ4v) is 2.21. The van der Waals surface area contributed by atoms with Gasteiger partial charge in [-0.3, -0.25) is 10.1 Å². The van der Waals surface area contributed by atoms with Crippen LogP contribution in [0.4, 0.5) is 5.69 Å². The quantitative estimate of drug-likeness (QED) is 0.628. The molecule has 1 aromatic carbocycles. The van der Waals surface area contributed by atoms with E-state index in [1.165, 1.54) is 5.56 Å². The van der Waals surface area contributed by atoms with Crippen LogP contribution in [0.25, 0.3) is 0 Å². The number of rotatable bonds is 7. The lowest BCUT2D eigenvalue weighted by Crippen LogP contribution is -2.21. The Kier molecular flexibility index (Phi) is 5.11. The van der Waals surface area contributed by atoms with Crippen molar-refractivity contribution in [3.05, 3.63) is 64.0 Å². The second-order valence-electron chi connectivity index (χ2n) is 5.43. The van der Waals surface area contributed by atoms with E-state index in [4.69, 9.17) is 0 Å². The molecule has 2 aromatic rings. The summed E-state index contributed by atoms with van der Waals surface area (Å²) in [5.41, 5.74) is 2.20. The smallest absolute Gasteiger partial charge is 0.272 e. The van der Waals surface area contributed by atoms with Gasteiger partial charge in [-0.05, 0) is 18.1 Å². The Balaban J connectivity index is 1.96. The molecule has 1 N–H and O–H groups in total. The molecule has 0 bridgehead atoms. The first-order valence-electron chi connectivity index (χ1n) is 7.16. The molecule has 0 amide bonds. The number of aromatic nitrogens is 1. The molecule has 0 saturated heterocycles. The van der Waals surface area contributed by atoms with E-state index in [9.17, 15) is 10.1 Å². The van der Waals surface area contributed by atoms with E-state index in [0.717, 1.165) is 18.7 Å². The van der Waals surface area contributed by atoms with Gasteiger partial charge in [-0.1, -0.05) is 32.0 Å². The highest BCUT2D eigenvalue weighted by atomic mass is 16.6. The van der Waals surface area contributed by atoms with Gasteiger partial charge in [0, 0.05) is 43.2 Å². The van der Waals surface area contributed by atoms with E-state index < -0.39 is 0 Å². The standard InChI is InChI=1S/C16H21N3O2/c1-13(2)17-11-14-7-9-18(12-14)10-8-15-5-3-4-6-16(15)19(20)21/h3-7,9,12-13,17H,8,10-11H2,1-2H3. The zero-order valence-corrected chi connectivity index (χ0v) is 12.5. The van der Waals surface area contributed by atoms with E-state index in [-0.39, 0.29) is 10.6 Å². The van der Waals surface area contributed by atoms with Crippen molar-refractivity contribution in [2.24, 2.45) is 0 Å². The van der Waals surface area contributed by atoms with E-state index in [2.05, 4.69) is 36.0 Å². The van der Waals surface area contributed by atoms with E-state index in [1.807, 2.05) is 18.3 Å². The van der Waals surface area contributed by atoms with Gasteiger partial charge in [0.25, 0.3) is 5.69 Å². The number of aryl methyl sites for hydroxylation is 2. The van der Waals surface area contributed by atoms with Gasteiger partial charge >= 0.3 is 0 Å². The summed E-state index contributed by atoms with van der Waals surface area (Å²) in [6.07, 6.45) is 4.76. The molecule has 1 heterocycles. The number of nitro groups is 1. The third kappa shape index (κ3) is 4.43. The van der Waals surface area contributed by atoms with Crippen molar-refractivity contribution < 1.29 is 4.92 Å². The molecule has 0 radical (unpaired) electrons. The zero-order chi connectivity index (χ0) is 15.2. The van der Waals surface area contributed by atoms with Gasteiger partial charge in [0.15, 0.2) is 0 Å². The largest absolute Gasteiger partial charge is 0.354 e. The molecule has 0 fully saturated rings. The number of hydrogen-bond acceptors (Lipinski definition) is 3. The van der Waals surface area contributed by atoms with Gasteiger partial charge in [-0.2, -0.15) is 0 Å². The molecule has 0 unspecified atom stereocenters. The molecule has 1 aromatic heterocycles. The van der Waals surface area contributed by atoms with Crippen LogP contribution >= 0.6 is 0 Å². The SMILES string of the molecule is CC(C)NCc1ccn(CCc2ccccc2[N+](=O)[O-])c1. The molecular formula is C16H21N3O2. The van der Waals surface area contributed by atoms with Crippen LogP contribution in [0.15, 0.2) is 42.7 Å². The molecule has 21 heavy (non-hydrogen) atoms. The third-order valence-corrected chi connectivity index (χ3v) is 3.35. The molecule has 0 aliphatic heterocycles. The highest BCUT2D eigenvalue weighted by Gasteiger charge is 2.11. The van der Waals surface area contributed by atoms with E-state index in [0.29, 0.717) is 12.5 Å². The lowest BCUT2D eigenvalue weighted by atomic mass is 10.1. The van der Waals surface area contributed by atoms with E-state index >= 15 is 0 Å². The second-order valence-corrected chi connectivity index (χ2v) is 5.43. The Morgan fingerprint density at radius 3 is 2.76 bits per heavy atom. The maximum Gasteiger partial charge on any atom is 0.272 e. The summed E-state index contributed by atoms with van der Waals surface area (Å²) >= 11 is 0. The predicted octanol–water partition coefficient (Wildman–Crippen LogP) is 3.14. The minimum atomic E-state index is -0.316. The van der Waals surface area contributed by atoms with Gasteiger partial charge < -0.3 is 9.88 Å². The van der Waals surface area contributed by atoms with Crippen molar-refractivity contribution in [3.63, 3.8) is 0 Å². The van der Waals surface area contributed by atoms with Gasteiger partial charge in [-0.25, -0.2) is 0 Å². The van der Waals surface area contributed by atoms with Crippen molar-refractivity contribution in [1.29, 1.82) is 0 Å². The Labute approximate surface area is 124 Å². The van der Waals surface area contributed by atoms with Gasteiger partial charge in [0.05, 0.1) is 4.92 Å². The highest BCUT2D eigenvalue weighted by Crippen LogP contribution is 2.18. The predicted molar refractivity (Wildman–Crippen MR) is 83.2 cm³/mol. The number of nitro benzene ring substituents is 1. The molecule has 5 heteroatoms. The minimum Gasteiger partial charge on any atom is -0.354 e. The maximum absolute atomic E-state index is 11.0. The van der Waals surface area contributed by atoms with Gasteiger partial charge in [0.1, 0.15) is 0 Å². The Morgan fingerprint density at radius 1 is 1.29 bits per heavy atom. The van der Waals surface area contributed by atoms with Crippen molar-refractivity contribution in [2.45, 2.75) is 39.4 Å². The van der Waals surface area contributed by atoms with Crippen molar-refractivity contribution in [1.82, 2.24) is 9.88 Å². The van der Waals surface area contributed by atoms with Crippen molar-refractivity contribution in [2.75, 3.05) is 0 Å². The summed E-state index contributed by atoms with van der Waals surface area (Å²) < 4.78 is 2.08. The molecule has 112 valence electrons. The second kappa shape index (κ2) is 7.04. The van der Waals surface area contributed by atoms with Crippen LogP contribution in [-0.2, 0) is 19.5 Å². The van der Waals surface area contributed by atoms with Gasteiger partial charge in [0.2, 0.25) is 0 Å². The summed E-state index contributed by atoms with van der Waals surface area (Å²) in [4.78, 5) is 10.7. The maximum atomic E-state index is 11.0. The average molecular weight is 287 g/mol. The van der Waals surface area contributed by atoms with Crippen LogP contribution in [0, 0.1) is 10.1 Å². The Bertz CT molecular complexity index is 605. The first-order chi connectivity index (χ1) is 10.1. The van der Waals surface area contributed by atoms with Gasteiger partial charge in [-0.15, -0.1) is 0 Å². The van der Waals surface area contributed by atoms with Crippen LogP contribution in [0.1, 0.15) is 25.0 Å². The number of para-hydroxylation sites is 1. The van der Waals surface area contributed by atoms with Crippen LogP contribution in [0.3, 0.4) is 0 Å². The van der Waals surface area contributed by atoms with Crippen LogP contribution in [0.5, 0.6) is 0 Å². The monoisotopic (exact) mass is 287 g/mol. The summed E-state index contributed by atoms with van der Waals surface area (Å²) in [7, 11) is 0. The van der Waals surface area contributed by atoms with Crippen LogP contribution < -0.4 is 5.32 Å². The number of nitrogens with zero attached hydrogens (tertiary/aromatic N) is 2. The molecule has 0 aliphatic rings.